The van der Waals surface area contributed by atoms with Gasteiger partial charge in [0.2, 0.25) is 0 Å². The lowest BCUT2D eigenvalue weighted by atomic mass is 9.91. The number of likely N-dealkylation sites (tertiary alicyclic amines) is 1. The van der Waals surface area contributed by atoms with Crippen molar-refractivity contribution < 1.29 is 0 Å². The molecule has 0 aromatic rings. The normalized spacial score (nSPS) is 37.5. The summed E-state index contributed by atoms with van der Waals surface area (Å²) in [6, 6.07) is 1.63. The van der Waals surface area contributed by atoms with E-state index in [1.54, 1.807) is 0 Å². The van der Waals surface area contributed by atoms with Gasteiger partial charge in [-0.15, -0.1) is 0 Å². The van der Waals surface area contributed by atoms with Crippen LogP contribution < -0.4 is 5.32 Å². The molecule has 1 saturated heterocycles. The molecule has 16 heavy (non-hydrogen) atoms. The van der Waals surface area contributed by atoms with Crippen molar-refractivity contribution in [3.05, 3.63) is 0 Å². The van der Waals surface area contributed by atoms with E-state index in [0.717, 1.165) is 17.3 Å². The van der Waals surface area contributed by atoms with Crippen LogP contribution in [0.2, 0.25) is 0 Å². The minimum Gasteiger partial charge on any atom is -0.316 e. The van der Waals surface area contributed by atoms with E-state index in [0.29, 0.717) is 0 Å². The number of hydrogen-bond acceptors (Lipinski definition) is 3. The SMILES string of the molecule is CNC1CCCN(C2CCC(SC)CC2)C1. The molecule has 1 aliphatic carbocycles. The third kappa shape index (κ3) is 3.14. The third-order valence-corrected chi connectivity index (χ3v) is 5.49. The summed E-state index contributed by atoms with van der Waals surface area (Å²) >= 11 is 2.07. The van der Waals surface area contributed by atoms with Crippen LogP contribution in [0.4, 0.5) is 0 Å². The highest BCUT2D eigenvalue weighted by Crippen LogP contribution is 2.30. The monoisotopic (exact) mass is 242 g/mol. The Kier molecular flexibility index (Phi) is 4.98. The zero-order valence-electron chi connectivity index (χ0n) is 10.7. The fourth-order valence-corrected chi connectivity index (χ4v) is 3.96. The van der Waals surface area contributed by atoms with Crippen LogP contribution in [0.5, 0.6) is 0 Å². The molecule has 0 radical (unpaired) electrons. The first-order valence-corrected chi connectivity index (χ1v) is 8.06. The van der Waals surface area contributed by atoms with Gasteiger partial charge in [-0.05, 0) is 58.4 Å². The molecule has 1 atom stereocenters. The third-order valence-electron chi connectivity index (χ3n) is 4.35. The van der Waals surface area contributed by atoms with E-state index in [4.69, 9.17) is 0 Å². The molecule has 2 fully saturated rings. The zero-order valence-corrected chi connectivity index (χ0v) is 11.6. The maximum absolute atomic E-state index is 3.45. The van der Waals surface area contributed by atoms with Gasteiger partial charge in [0.05, 0.1) is 0 Å². The van der Waals surface area contributed by atoms with Crippen LogP contribution in [0.15, 0.2) is 0 Å². The van der Waals surface area contributed by atoms with Gasteiger partial charge in [-0.25, -0.2) is 0 Å². The first-order valence-electron chi connectivity index (χ1n) is 6.77. The lowest BCUT2D eigenvalue weighted by Gasteiger charge is -2.41. The summed E-state index contributed by atoms with van der Waals surface area (Å²) in [5.74, 6) is 0. The predicted molar refractivity (Wildman–Crippen MR) is 73.2 cm³/mol. The summed E-state index contributed by atoms with van der Waals surface area (Å²) in [5.41, 5.74) is 0. The van der Waals surface area contributed by atoms with E-state index < -0.39 is 0 Å². The average molecular weight is 242 g/mol. The van der Waals surface area contributed by atoms with Gasteiger partial charge >= 0.3 is 0 Å². The van der Waals surface area contributed by atoms with Crippen molar-refractivity contribution in [2.75, 3.05) is 26.4 Å². The van der Waals surface area contributed by atoms with Gasteiger partial charge < -0.3 is 5.32 Å². The molecule has 1 heterocycles. The number of likely N-dealkylation sites (N-methyl/N-ethyl adjacent to an activating group) is 1. The minimum absolute atomic E-state index is 0.743. The maximum Gasteiger partial charge on any atom is 0.0192 e. The minimum atomic E-state index is 0.743. The summed E-state index contributed by atoms with van der Waals surface area (Å²) < 4.78 is 0. The molecule has 94 valence electrons. The van der Waals surface area contributed by atoms with Crippen molar-refractivity contribution in [3.8, 4) is 0 Å². The molecule has 0 spiro atoms. The van der Waals surface area contributed by atoms with E-state index >= 15 is 0 Å². The van der Waals surface area contributed by atoms with Crippen LogP contribution in [-0.4, -0.2) is 48.6 Å². The van der Waals surface area contributed by atoms with E-state index in [1.165, 1.54) is 51.6 Å². The molecule has 2 nitrogen and oxygen atoms in total. The van der Waals surface area contributed by atoms with Crippen molar-refractivity contribution in [3.63, 3.8) is 0 Å². The molecule has 1 N–H and O–H groups in total. The van der Waals surface area contributed by atoms with Gasteiger partial charge in [0.15, 0.2) is 0 Å². The Morgan fingerprint density at radius 1 is 1.12 bits per heavy atom. The highest BCUT2D eigenvalue weighted by Gasteiger charge is 2.28. The topological polar surface area (TPSA) is 15.3 Å². The lowest BCUT2D eigenvalue weighted by molar-refractivity contribution is 0.114. The first-order chi connectivity index (χ1) is 7.83. The van der Waals surface area contributed by atoms with Crippen LogP contribution in [0, 0.1) is 0 Å². The second-order valence-electron chi connectivity index (χ2n) is 5.29. The van der Waals surface area contributed by atoms with Crippen LogP contribution >= 0.6 is 11.8 Å². The number of hydrogen-bond donors (Lipinski definition) is 1. The molecular weight excluding hydrogens is 216 g/mol. The molecule has 0 bridgehead atoms. The van der Waals surface area contributed by atoms with Crippen molar-refractivity contribution in [1.82, 2.24) is 10.2 Å². The molecule has 1 aliphatic heterocycles. The number of rotatable bonds is 3. The van der Waals surface area contributed by atoms with Gasteiger partial charge in [0, 0.05) is 23.9 Å². The quantitative estimate of drug-likeness (QED) is 0.818. The van der Waals surface area contributed by atoms with E-state index in [1.807, 2.05) is 0 Å². The Bertz CT molecular complexity index is 202. The van der Waals surface area contributed by atoms with Gasteiger partial charge in [0.1, 0.15) is 0 Å². The second-order valence-corrected chi connectivity index (χ2v) is 6.43. The molecule has 2 aliphatic rings. The Balaban J connectivity index is 1.79. The molecular formula is C13H26N2S. The standard InChI is InChI=1S/C13H26N2S/c1-14-11-4-3-9-15(10-11)12-5-7-13(16-2)8-6-12/h11-14H,3-10H2,1-2H3. The van der Waals surface area contributed by atoms with Crippen molar-refractivity contribution in [1.29, 1.82) is 0 Å². The predicted octanol–water partition coefficient (Wildman–Crippen LogP) is 2.34. The van der Waals surface area contributed by atoms with E-state index in [9.17, 15) is 0 Å². The number of thioether (sulfide) groups is 1. The fraction of sp³-hybridized carbons (Fsp3) is 1.00. The molecule has 2 rings (SSSR count). The van der Waals surface area contributed by atoms with Gasteiger partial charge in [-0.1, -0.05) is 0 Å². The summed E-state index contributed by atoms with van der Waals surface area (Å²) in [4.78, 5) is 2.75. The lowest BCUT2D eigenvalue weighted by Crippen LogP contribution is -2.49. The highest BCUT2D eigenvalue weighted by molar-refractivity contribution is 7.99. The van der Waals surface area contributed by atoms with Crippen molar-refractivity contribution in [2.24, 2.45) is 0 Å². The highest BCUT2D eigenvalue weighted by atomic mass is 32.2. The summed E-state index contributed by atoms with van der Waals surface area (Å²) in [6.07, 6.45) is 10.8. The van der Waals surface area contributed by atoms with Gasteiger partial charge in [-0.2, -0.15) is 11.8 Å². The summed E-state index contributed by atoms with van der Waals surface area (Å²) in [5, 5.41) is 4.39. The van der Waals surface area contributed by atoms with Crippen molar-refractivity contribution >= 4 is 11.8 Å². The Morgan fingerprint density at radius 3 is 2.50 bits per heavy atom. The second kappa shape index (κ2) is 6.27. The smallest absolute Gasteiger partial charge is 0.0192 e. The number of nitrogens with zero attached hydrogens (tertiary/aromatic N) is 1. The number of piperidine rings is 1. The first kappa shape index (κ1) is 12.7. The Hall–Kier alpha value is 0.270. The van der Waals surface area contributed by atoms with Crippen molar-refractivity contribution in [2.45, 2.75) is 55.9 Å². The molecule has 0 aromatic carbocycles. The van der Waals surface area contributed by atoms with Crippen LogP contribution in [0.25, 0.3) is 0 Å². The molecule has 1 saturated carbocycles. The Morgan fingerprint density at radius 2 is 1.88 bits per heavy atom. The molecule has 3 heteroatoms. The zero-order chi connectivity index (χ0) is 11.4. The molecule has 1 unspecified atom stereocenters. The number of nitrogens with one attached hydrogen (secondary N) is 1. The van der Waals surface area contributed by atoms with E-state index in [2.05, 4.69) is 35.3 Å². The maximum atomic E-state index is 3.45. The molecule has 0 amide bonds. The largest absolute Gasteiger partial charge is 0.316 e. The molecule has 0 aromatic heterocycles. The van der Waals surface area contributed by atoms with Crippen LogP contribution in [-0.2, 0) is 0 Å². The summed E-state index contributed by atoms with van der Waals surface area (Å²) in [6.45, 7) is 2.62. The van der Waals surface area contributed by atoms with Gasteiger partial charge in [-0.3, -0.25) is 4.90 Å². The fourth-order valence-electron chi connectivity index (χ4n) is 3.22. The van der Waals surface area contributed by atoms with Crippen LogP contribution in [0.3, 0.4) is 0 Å². The average Bonchev–Trinajstić information content (AvgIpc) is 2.39. The van der Waals surface area contributed by atoms with Gasteiger partial charge in [0.25, 0.3) is 0 Å². The Labute approximate surface area is 105 Å². The van der Waals surface area contributed by atoms with Crippen LogP contribution in [0.1, 0.15) is 38.5 Å². The van der Waals surface area contributed by atoms with E-state index in [-0.39, 0.29) is 0 Å². The summed E-state index contributed by atoms with van der Waals surface area (Å²) in [7, 11) is 2.11.